The summed E-state index contributed by atoms with van der Waals surface area (Å²) in [4.78, 5) is 27.5. The van der Waals surface area contributed by atoms with Crippen molar-refractivity contribution < 1.29 is 9.59 Å². The normalized spacial score (nSPS) is 16.7. The lowest BCUT2D eigenvalue weighted by Crippen LogP contribution is -2.57. The van der Waals surface area contributed by atoms with Gasteiger partial charge in [0, 0.05) is 44.5 Å². The summed E-state index contributed by atoms with van der Waals surface area (Å²) in [7, 11) is 0. The van der Waals surface area contributed by atoms with Crippen LogP contribution in [0.5, 0.6) is 0 Å². The minimum atomic E-state index is -0.483. The Bertz CT molecular complexity index is 952. The van der Waals surface area contributed by atoms with Crippen LogP contribution in [0, 0.1) is 0 Å². The molecule has 1 aliphatic heterocycles. The Morgan fingerprint density at radius 1 is 1.06 bits per heavy atom. The molecular formula is C25H29N5O2. The number of piperazine rings is 1. The summed E-state index contributed by atoms with van der Waals surface area (Å²) >= 11 is 0. The molecule has 2 N–H and O–H groups in total. The molecule has 32 heavy (non-hydrogen) atoms. The van der Waals surface area contributed by atoms with Crippen LogP contribution in [0.25, 0.3) is 0 Å². The van der Waals surface area contributed by atoms with Gasteiger partial charge < -0.3 is 10.6 Å². The third-order valence-electron chi connectivity index (χ3n) is 5.86. The van der Waals surface area contributed by atoms with Crippen LogP contribution in [-0.4, -0.2) is 58.7 Å². The van der Waals surface area contributed by atoms with Gasteiger partial charge in [0.1, 0.15) is 0 Å². The zero-order valence-electron chi connectivity index (χ0n) is 18.1. The van der Waals surface area contributed by atoms with Crippen LogP contribution in [0.4, 0.5) is 0 Å². The van der Waals surface area contributed by atoms with Crippen LogP contribution in [0.3, 0.4) is 0 Å². The Balaban J connectivity index is 1.44. The van der Waals surface area contributed by atoms with E-state index < -0.39 is 6.04 Å². The highest BCUT2D eigenvalue weighted by atomic mass is 16.2. The molecule has 2 heterocycles. The van der Waals surface area contributed by atoms with Crippen LogP contribution in [0.1, 0.15) is 23.5 Å². The van der Waals surface area contributed by atoms with E-state index in [9.17, 15) is 9.59 Å². The maximum atomic E-state index is 12.7. The molecule has 0 radical (unpaired) electrons. The number of nitrogens with zero attached hydrogens (tertiary/aromatic N) is 3. The lowest BCUT2D eigenvalue weighted by molar-refractivity contribution is -0.134. The van der Waals surface area contributed by atoms with E-state index in [0.717, 1.165) is 0 Å². The van der Waals surface area contributed by atoms with Crippen LogP contribution >= 0.6 is 0 Å². The third kappa shape index (κ3) is 5.62. The number of carbonyl (C=O) groups is 2. The molecule has 2 amide bonds. The van der Waals surface area contributed by atoms with Gasteiger partial charge in [-0.1, -0.05) is 60.7 Å². The van der Waals surface area contributed by atoms with E-state index in [4.69, 9.17) is 0 Å². The number of benzene rings is 2. The summed E-state index contributed by atoms with van der Waals surface area (Å²) < 4.78 is 1.77. The smallest absolute Gasteiger partial charge is 0.237 e. The minimum Gasteiger partial charge on any atom is -0.354 e. The van der Waals surface area contributed by atoms with Gasteiger partial charge in [-0.3, -0.25) is 19.2 Å². The topological polar surface area (TPSA) is 79.3 Å². The largest absolute Gasteiger partial charge is 0.354 e. The van der Waals surface area contributed by atoms with E-state index in [1.54, 1.807) is 10.9 Å². The van der Waals surface area contributed by atoms with Gasteiger partial charge in [-0.15, -0.1) is 0 Å². The molecule has 1 atom stereocenters. The van der Waals surface area contributed by atoms with E-state index >= 15 is 0 Å². The van der Waals surface area contributed by atoms with E-state index in [-0.39, 0.29) is 24.2 Å². The first-order valence-corrected chi connectivity index (χ1v) is 11.1. The number of rotatable bonds is 9. The Hall–Kier alpha value is -3.45. The lowest BCUT2D eigenvalue weighted by atomic mass is 9.90. The highest BCUT2D eigenvalue weighted by molar-refractivity contribution is 5.88. The van der Waals surface area contributed by atoms with Crippen molar-refractivity contribution >= 4 is 11.8 Å². The first-order chi connectivity index (χ1) is 15.7. The summed E-state index contributed by atoms with van der Waals surface area (Å²) in [6.07, 6.45) is 3.71. The molecule has 0 saturated carbocycles. The van der Waals surface area contributed by atoms with E-state index in [1.165, 1.54) is 11.1 Å². The lowest BCUT2D eigenvalue weighted by Gasteiger charge is -2.37. The number of nitrogens with one attached hydrogen (secondary N) is 2. The molecule has 4 rings (SSSR count). The first kappa shape index (κ1) is 21.8. The predicted octanol–water partition coefficient (Wildman–Crippen LogP) is 2.02. The average molecular weight is 432 g/mol. The molecule has 3 aromatic rings. The second-order valence-corrected chi connectivity index (χ2v) is 8.00. The Morgan fingerprint density at radius 2 is 1.75 bits per heavy atom. The van der Waals surface area contributed by atoms with Gasteiger partial charge in [0.15, 0.2) is 0 Å². The van der Waals surface area contributed by atoms with E-state index in [1.807, 2.05) is 48.7 Å². The van der Waals surface area contributed by atoms with Crippen molar-refractivity contribution in [1.29, 1.82) is 0 Å². The molecule has 7 nitrogen and oxygen atoms in total. The molecule has 0 spiro atoms. The molecule has 0 aliphatic carbocycles. The second-order valence-electron chi connectivity index (χ2n) is 8.00. The standard InChI is InChI=1S/C25H29N5O2/c31-24(26-14-17-30-15-7-12-28-30)18-23-25(32)27-13-16-29(23)19-22(20-8-3-1-4-9-20)21-10-5-2-6-11-21/h1-12,15,22-23H,13-14,16-19H2,(H,26,31)(H,27,32). The van der Waals surface area contributed by atoms with Gasteiger partial charge in [0.25, 0.3) is 0 Å². The molecule has 1 saturated heterocycles. The molecule has 2 aromatic carbocycles. The summed E-state index contributed by atoms with van der Waals surface area (Å²) in [5.74, 6) is -0.0906. The Labute approximate surface area is 188 Å². The maximum Gasteiger partial charge on any atom is 0.237 e. The van der Waals surface area contributed by atoms with Gasteiger partial charge in [0.2, 0.25) is 11.8 Å². The summed E-state index contributed by atoms with van der Waals surface area (Å²) in [5.41, 5.74) is 2.40. The van der Waals surface area contributed by atoms with Crippen LogP contribution in [0.15, 0.2) is 79.1 Å². The first-order valence-electron chi connectivity index (χ1n) is 11.1. The van der Waals surface area contributed by atoms with Gasteiger partial charge >= 0.3 is 0 Å². The van der Waals surface area contributed by atoms with Crippen molar-refractivity contribution in [3.8, 4) is 0 Å². The molecule has 1 aliphatic rings. The average Bonchev–Trinajstić information content (AvgIpc) is 3.34. The highest BCUT2D eigenvalue weighted by Crippen LogP contribution is 2.27. The Kier molecular flexibility index (Phi) is 7.30. The number of hydrogen-bond acceptors (Lipinski definition) is 4. The molecular weight excluding hydrogens is 402 g/mol. The Morgan fingerprint density at radius 3 is 2.38 bits per heavy atom. The van der Waals surface area contributed by atoms with Gasteiger partial charge in [-0.25, -0.2) is 0 Å². The third-order valence-corrected chi connectivity index (χ3v) is 5.86. The molecule has 0 bridgehead atoms. The molecule has 166 valence electrons. The van der Waals surface area contributed by atoms with Gasteiger partial charge in [0.05, 0.1) is 19.0 Å². The zero-order valence-corrected chi connectivity index (χ0v) is 18.1. The summed E-state index contributed by atoms with van der Waals surface area (Å²) in [6.45, 7) is 3.06. The van der Waals surface area contributed by atoms with Gasteiger partial charge in [-0.05, 0) is 17.2 Å². The predicted molar refractivity (Wildman–Crippen MR) is 123 cm³/mol. The summed E-state index contributed by atoms with van der Waals surface area (Å²) in [5, 5.41) is 9.98. The highest BCUT2D eigenvalue weighted by Gasteiger charge is 2.33. The molecule has 1 unspecified atom stereocenters. The molecule has 1 fully saturated rings. The monoisotopic (exact) mass is 431 g/mol. The number of carbonyl (C=O) groups excluding carboxylic acids is 2. The van der Waals surface area contributed by atoms with Crippen molar-refractivity contribution in [2.45, 2.75) is 24.9 Å². The van der Waals surface area contributed by atoms with Crippen molar-refractivity contribution in [2.24, 2.45) is 0 Å². The van der Waals surface area contributed by atoms with Gasteiger partial charge in [-0.2, -0.15) is 5.10 Å². The van der Waals surface area contributed by atoms with Crippen LogP contribution in [0.2, 0.25) is 0 Å². The van der Waals surface area contributed by atoms with E-state index in [2.05, 4.69) is 44.9 Å². The molecule has 1 aromatic heterocycles. The summed E-state index contributed by atoms with van der Waals surface area (Å²) in [6, 6.07) is 22.0. The fourth-order valence-corrected chi connectivity index (χ4v) is 4.20. The maximum absolute atomic E-state index is 12.7. The van der Waals surface area contributed by atoms with E-state index in [0.29, 0.717) is 32.7 Å². The quantitative estimate of drug-likeness (QED) is 0.543. The van der Waals surface area contributed by atoms with Crippen molar-refractivity contribution in [1.82, 2.24) is 25.3 Å². The van der Waals surface area contributed by atoms with Crippen molar-refractivity contribution in [2.75, 3.05) is 26.2 Å². The minimum absolute atomic E-state index is 0.0849. The molecule has 7 heteroatoms. The fraction of sp³-hybridized carbons (Fsp3) is 0.320. The fourth-order valence-electron chi connectivity index (χ4n) is 4.20. The van der Waals surface area contributed by atoms with Crippen LogP contribution in [-0.2, 0) is 16.1 Å². The van der Waals surface area contributed by atoms with Crippen molar-refractivity contribution in [3.63, 3.8) is 0 Å². The number of hydrogen-bond donors (Lipinski definition) is 2. The zero-order chi connectivity index (χ0) is 22.2. The number of aromatic nitrogens is 2. The SMILES string of the molecule is O=C(CC1C(=O)NCCN1CC(c1ccccc1)c1ccccc1)NCCn1cccn1. The second kappa shape index (κ2) is 10.7. The van der Waals surface area contributed by atoms with Crippen molar-refractivity contribution in [3.05, 3.63) is 90.3 Å². The number of amides is 2. The van der Waals surface area contributed by atoms with Crippen LogP contribution < -0.4 is 10.6 Å².